The van der Waals surface area contributed by atoms with Crippen molar-refractivity contribution in [3.63, 3.8) is 0 Å². The number of aryl methyl sites for hydroxylation is 1. The largest absolute Gasteiger partial charge is 0.486 e. The van der Waals surface area contributed by atoms with E-state index in [4.69, 9.17) is 41.9 Å². The van der Waals surface area contributed by atoms with E-state index >= 15 is 4.79 Å². The van der Waals surface area contributed by atoms with Crippen LogP contribution in [0.4, 0.5) is 13.6 Å². The van der Waals surface area contributed by atoms with Crippen molar-refractivity contribution in [2.45, 2.75) is 109 Å². The number of aromatic nitrogens is 1. The molecule has 298 valence electrons. The fraction of sp³-hybridized carbons (Fsp3) is 0.465. The van der Waals surface area contributed by atoms with Crippen molar-refractivity contribution in [2.24, 2.45) is 5.92 Å². The van der Waals surface area contributed by atoms with Gasteiger partial charge in [-0.05, 0) is 119 Å². The molecule has 1 aromatic heterocycles. The van der Waals surface area contributed by atoms with Crippen molar-refractivity contribution in [1.82, 2.24) is 15.0 Å². The molecular weight excluding hydrogens is 763 g/mol. The smallest absolute Gasteiger partial charge is 0.410 e. The number of halogens is 4. The van der Waals surface area contributed by atoms with Crippen LogP contribution >= 0.6 is 23.2 Å². The third-order valence-corrected chi connectivity index (χ3v) is 11.6. The van der Waals surface area contributed by atoms with E-state index < -0.39 is 23.2 Å². The topological polar surface area (TPSA) is 94.3 Å². The first kappa shape index (κ1) is 40.0. The minimum atomic E-state index is -0.764. The summed E-state index contributed by atoms with van der Waals surface area (Å²) in [5.41, 5.74) is 2.23. The van der Waals surface area contributed by atoms with Gasteiger partial charge in [0, 0.05) is 49.5 Å². The van der Waals surface area contributed by atoms with Crippen molar-refractivity contribution in [2.75, 3.05) is 13.7 Å². The van der Waals surface area contributed by atoms with Crippen LogP contribution in [-0.2, 0) is 33.8 Å². The molecule has 3 fully saturated rings. The van der Waals surface area contributed by atoms with Gasteiger partial charge in [0.05, 0.1) is 16.5 Å². The number of amides is 2. The molecule has 2 aliphatic heterocycles. The summed E-state index contributed by atoms with van der Waals surface area (Å²) in [6.45, 7) is 6.60. The molecule has 4 atom stereocenters. The van der Waals surface area contributed by atoms with Gasteiger partial charge in [-0.25, -0.2) is 13.6 Å². The number of nitrogens with zero attached hydrogens (tertiary/aromatic N) is 3. The zero-order valence-corrected chi connectivity index (χ0v) is 33.5. The van der Waals surface area contributed by atoms with Crippen LogP contribution in [-0.4, -0.2) is 64.4 Å². The molecule has 13 heteroatoms. The van der Waals surface area contributed by atoms with Gasteiger partial charge in [-0.1, -0.05) is 52.6 Å². The highest BCUT2D eigenvalue weighted by molar-refractivity contribution is 6.33. The molecule has 3 aromatic carbocycles. The number of rotatable bonds is 13. The van der Waals surface area contributed by atoms with E-state index in [-0.39, 0.29) is 58.9 Å². The summed E-state index contributed by atoms with van der Waals surface area (Å²) in [6.07, 6.45) is 5.28. The maximum absolute atomic E-state index is 15.1. The number of hydrogen-bond donors (Lipinski definition) is 0. The van der Waals surface area contributed by atoms with Crippen LogP contribution in [0.25, 0.3) is 11.3 Å². The molecule has 0 spiro atoms. The Bertz CT molecular complexity index is 2050. The van der Waals surface area contributed by atoms with Gasteiger partial charge in [0.1, 0.15) is 35.3 Å². The molecule has 9 nitrogen and oxygen atoms in total. The van der Waals surface area contributed by atoms with E-state index in [9.17, 15) is 13.6 Å². The Morgan fingerprint density at radius 2 is 1.73 bits per heavy atom. The van der Waals surface area contributed by atoms with Crippen molar-refractivity contribution in [3.05, 3.63) is 105 Å². The number of carbonyl (C=O) groups excluding carboxylic acids is 2. The number of fused-ring (bicyclic) bond motifs is 2. The van der Waals surface area contributed by atoms with Crippen LogP contribution in [0.2, 0.25) is 10.0 Å². The van der Waals surface area contributed by atoms with Crippen LogP contribution < -0.4 is 4.74 Å². The minimum absolute atomic E-state index is 0.0209. The first-order valence-corrected chi connectivity index (χ1v) is 20.0. The molecule has 4 aromatic rings. The molecular formula is C43H47Cl2F2N3O6. The summed E-state index contributed by atoms with van der Waals surface area (Å²) in [4.78, 5) is 32.7. The summed E-state index contributed by atoms with van der Waals surface area (Å²) in [5, 5.41) is 4.11. The summed E-state index contributed by atoms with van der Waals surface area (Å²) in [5.74, 6) is -1.29. The van der Waals surface area contributed by atoms with E-state index in [1.54, 1.807) is 7.11 Å². The highest BCUT2D eigenvalue weighted by atomic mass is 35.5. The molecule has 3 aliphatic rings. The number of piperidine rings is 1. The van der Waals surface area contributed by atoms with Crippen LogP contribution in [0.5, 0.6) is 5.75 Å². The Kier molecular flexibility index (Phi) is 12.0. The van der Waals surface area contributed by atoms with Gasteiger partial charge >= 0.3 is 6.09 Å². The lowest BCUT2D eigenvalue weighted by molar-refractivity contribution is -0.141. The summed E-state index contributed by atoms with van der Waals surface area (Å²) < 4.78 is 51.0. The lowest BCUT2D eigenvalue weighted by atomic mass is 9.75. The monoisotopic (exact) mass is 809 g/mol. The highest BCUT2D eigenvalue weighted by Crippen LogP contribution is 2.49. The Morgan fingerprint density at radius 3 is 2.45 bits per heavy atom. The van der Waals surface area contributed by atoms with Crippen molar-refractivity contribution in [1.29, 1.82) is 0 Å². The molecule has 2 amide bonds. The Balaban J connectivity index is 1.13. The second kappa shape index (κ2) is 16.7. The Labute approximate surface area is 336 Å². The number of benzene rings is 3. The van der Waals surface area contributed by atoms with E-state index in [2.05, 4.69) is 11.2 Å². The molecule has 3 heterocycles. The zero-order chi connectivity index (χ0) is 39.7. The normalized spacial score (nSPS) is 20.6. The van der Waals surface area contributed by atoms with Crippen LogP contribution in [0, 0.1) is 17.6 Å². The summed E-state index contributed by atoms with van der Waals surface area (Å²) in [6, 6.07) is 16.8. The van der Waals surface area contributed by atoms with Gasteiger partial charge in [-0.2, -0.15) is 0 Å². The molecule has 1 saturated carbocycles. The first-order chi connectivity index (χ1) is 26.8. The van der Waals surface area contributed by atoms with Gasteiger partial charge in [0.25, 0.3) is 0 Å². The third kappa shape index (κ3) is 8.85. The second-order valence-electron chi connectivity index (χ2n) is 16.0. The van der Waals surface area contributed by atoms with Gasteiger partial charge in [0.15, 0.2) is 5.76 Å². The number of hydrogen-bond acceptors (Lipinski definition) is 7. The van der Waals surface area contributed by atoms with E-state index in [1.807, 2.05) is 67.0 Å². The van der Waals surface area contributed by atoms with Crippen molar-refractivity contribution in [3.8, 4) is 17.0 Å². The molecule has 1 aliphatic carbocycles. The van der Waals surface area contributed by atoms with E-state index in [1.165, 1.54) is 6.07 Å². The Hall–Kier alpha value is -4.19. The molecule has 2 bridgehead atoms. The molecule has 0 radical (unpaired) electrons. The molecule has 7 rings (SSSR count). The van der Waals surface area contributed by atoms with Crippen LogP contribution in [0.15, 0.2) is 65.2 Å². The summed E-state index contributed by atoms with van der Waals surface area (Å²) in [7, 11) is 1.69. The predicted molar refractivity (Wildman–Crippen MR) is 209 cm³/mol. The number of methoxy groups -OCH3 is 1. The molecule has 2 saturated heterocycles. The van der Waals surface area contributed by atoms with E-state index in [0.717, 1.165) is 60.9 Å². The zero-order valence-electron chi connectivity index (χ0n) is 32.0. The number of carbonyl (C=O) groups is 2. The quantitative estimate of drug-likeness (QED) is 0.0981. The maximum Gasteiger partial charge on any atom is 0.410 e. The third-order valence-electron chi connectivity index (χ3n) is 10.9. The van der Waals surface area contributed by atoms with Crippen molar-refractivity contribution < 1.29 is 37.1 Å². The SMILES string of the molecule is COCCCc1ccc(Cl)c(CN(C(=O)C2C(c3ccc(OCc4cc(-c5c(F)ccc(F)c5Cl)no4)cc3)C[C@@H]3CCC2N3C(=O)OC(C)(C)C)C2CC2)c1. The molecule has 3 unspecified atom stereocenters. The fourth-order valence-electron chi connectivity index (χ4n) is 8.18. The maximum atomic E-state index is 15.1. The van der Waals surface area contributed by atoms with Gasteiger partial charge in [-0.3, -0.25) is 4.79 Å². The average molecular weight is 811 g/mol. The minimum Gasteiger partial charge on any atom is -0.486 e. The first-order valence-electron chi connectivity index (χ1n) is 19.2. The molecule has 56 heavy (non-hydrogen) atoms. The van der Waals surface area contributed by atoms with Crippen LogP contribution in [0.3, 0.4) is 0 Å². The molecule has 0 N–H and O–H groups in total. The Morgan fingerprint density at radius 1 is 0.982 bits per heavy atom. The van der Waals surface area contributed by atoms with Gasteiger partial charge < -0.3 is 28.5 Å². The number of ether oxygens (including phenoxy) is 3. The lowest BCUT2D eigenvalue weighted by Gasteiger charge is -2.45. The van der Waals surface area contributed by atoms with Gasteiger partial charge in [0.2, 0.25) is 5.91 Å². The summed E-state index contributed by atoms with van der Waals surface area (Å²) >= 11 is 12.8. The second-order valence-corrected chi connectivity index (χ2v) is 16.8. The van der Waals surface area contributed by atoms with Crippen molar-refractivity contribution >= 4 is 35.2 Å². The highest BCUT2D eigenvalue weighted by Gasteiger charge is 2.55. The average Bonchev–Trinajstić information content (AvgIpc) is 3.81. The fourth-order valence-corrected chi connectivity index (χ4v) is 8.61. The van der Waals surface area contributed by atoms with Crippen LogP contribution in [0.1, 0.15) is 87.7 Å². The van der Waals surface area contributed by atoms with Gasteiger partial charge in [-0.15, -0.1) is 0 Å². The lowest BCUT2D eigenvalue weighted by Crippen LogP contribution is -2.56. The standard InChI is InChI=1S/C43H47Cl2F2N3O6/c1-43(2,3)55-42(52)50-29-12-18-37(50)38(41(51)49(28-10-11-28)23-27-20-25(6-5-19-53-4)7-15-33(27)44)32(21-29)26-8-13-30(14-9-26)54-24-31-22-36(48-56-31)39-34(46)16-17-35(47)40(39)45/h7-9,13-17,20,22,28-29,32,37-38H,5-6,10-12,18-19,21,23-24H2,1-4H3/t29-,32?,37?,38?/m0/s1. The van der Waals surface area contributed by atoms with E-state index in [0.29, 0.717) is 42.5 Å². The predicted octanol–water partition coefficient (Wildman–Crippen LogP) is 10.1.